The highest BCUT2D eigenvalue weighted by Gasteiger charge is 2.81. The maximum Gasteiger partial charge on any atom is 0.459 e. The number of alkyl halides is 9. The zero-order valence-electron chi connectivity index (χ0n) is 11.1. The molecule has 0 spiro atoms. The number of rotatable bonds is 3. The van der Waals surface area contributed by atoms with Crippen LogP contribution in [-0.2, 0) is 0 Å². The van der Waals surface area contributed by atoms with Crippen LogP contribution in [0.1, 0.15) is 11.1 Å². The van der Waals surface area contributed by atoms with Crippen molar-refractivity contribution in [3.63, 3.8) is 0 Å². The third kappa shape index (κ3) is 2.82. The molecule has 1 aromatic carbocycles. The first kappa shape index (κ1) is 18.4. The second-order valence-electron chi connectivity index (χ2n) is 4.62. The van der Waals surface area contributed by atoms with E-state index in [4.69, 9.17) is 0 Å². The van der Waals surface area contributed by atoms with Crippen molar-refractivity contribution in [3.8, 4) is 0 Å². The number of nitrogens with one attached hydrogen (secondary N) is 1. The van der Waals surface area contributed by atoms with Crippen LogP contribution >= 0.6 is 0 Å². The molecule has 1 unspecified atom stereocenters. The molecular weight excluding hydrogens is 329 g/mol. The van der Waals surface area contributed by atoms with Crippen LogP contribution in [0.5, 0.6) is 0 Å². The summed E-state index contributed by atoms with van der Waals surface area (Å²) in [6.07, 6.45) is -13.2. The highest BCUT2D eigenvalue weighted by atomic mass is 19.4. The third-order valence-electron chi connectivity index (χ3n) is 2.96. The number of aryl methyl sites for hydroxylation is 2. The van der Waals surface area contributed by atoms with Gasteiger partial charge in [-0.25, -0.2) is 4.39 Å². The van der Waals surface area contributed by atoms with E-state index in [0.717, 1.165) is 31.3 Å². The van der Waals surface area contributed by atoms with Gasteiger partial charge in [0, 0.05) is 5.69 Å². The molecular formula is C12H10F9N. The van der Waals surface area contributed by atoms with Crippen LogP contribution in [0.15, 0.2) is 18.2 Å². The van der Waals surface area contributed by atoms with Gasteiger partial charge in [-0.3, -0.25) is 0 Å². The van der Waals surface area contributed by atoms with Gasteiger partial charge in [-0.05, 0) is 25.0 Å². The number of hydrogen-bond donors (Lipinski definition) is 1. The minimum atomic E-state index is -6.74. The Morgan fingerprint density at radius 2 is 1.14 bits per heavy atom. The van der Waals surface area contributed by atoms with E-state index in [9.17, 15) is 39.5 Å². The van der Waals surface area contributed by atoms with E-state index in [1.54, 1.807) is 0 Å². The summed E-state index contributed by atoms with van der Waals surface area (Å²) in [6, 6.07) is 3.60. The Balaban J connectivity index is 3.50. The quantitative estimate of drug-likeness (QED) is 0.594. The lowest BCUT2D eigenvalue weighted by molar-refractivity contribution is -0.375. The Hall–Kier alpha value is -1.61. The van der Waals surface area contributed by atoms with Crippen LogP contribution in [0.25, 0.3) is 0 Å². The fraction of sp³-hybridized carbons (Fsp3) is 0.500. The van der Waals surface area contributed by atoms with Gasteiger partial charge in [0.2, 0.25) is 0 Å². The van der Waals surface area contributed by atoms with Gasteiger partial charge in [0.05, 0.1) is 0 Å². The standard InChI is InChI=1S/C12H10F9N/c1-6-4-3-5-7(2)8(6)22-10(15,12(19,20)21)9(13,14)11(16,17)18/h3-5,22H,1-2H3. The first-order valence-electron chi connectivity index (χ1n) is 5.69. The molecule has 0 aliphatic rings. The summed E-state index contributed by atoms with van der Waals surface area (Å²) in [5.74, 6) is -12.7. The molecule has 0 amide bonds. The Kier molecular flexibility index (Phi) is 4.39. The van der Waals surface area contributed by atoms with Crippen molar-refractivity contribution in [2.45, 2.75) is 37.9 Å². The molecule has 0 fully saturated rings. The molecule has 0 bridgehead atoms. The van der Waals surface area contributed by atoms with Crippen molar-refractivity contribution in [3.05, 3.63) is 29.3 Å². The number of halogens is 9. The van der Waals surface area contributed by atoms with Crippen molar-refractivity contribution in [1.82, 2.24) is 0 Å². The number of benzene rings is 1. The normalized spacial score (nSPS) is 16.3. The molecule has 1 nitrogen and oxygen atoms in total. The monoisotopic (exact) mass is 339 g/mol. The average molecular weight is 339 g/mol. The highest BCUT2D eigenvalue weighted by Crippen LogP contribution is 2.53. The summed E-state index contributed by atoms with van der Waals surface area (Å²) >= 11 is 0. The van der Waals surface area contributed by atoms with Crippen molar-refractivity contribution in [1.29, 1.82) is 0 Å². The molecule has 0 heterocycles. The topological polar surface area (TPSA) is 12.0 Å². The number of para-hydroxylation sites is 1. The van der Waals surface area contributed by atoms with Gasteiger partial charge >= 0.3 is 24.1 Å². The lowest BCUT2D eigenvalue weighted by Crippen LogP contribution is -2.66. The Morgan fingerprint density at radius 1 is 0.727 bits per heavy atom. The molecule has 1 N–H and O–H groups in total. The van der Waals surface area contributed by atoms with Gasteiger partial charge in [-0.2, -0.15) is 35.1 Å². The van der Waals surface area contributed by atoms with Crippen LogP contribution < -0.4 is 5.32 Å². The molecule has 22 heavy (non-hydrogen) atoms. The molecule has 10 heteroatoms. The minimum absolute atomic E-state index is 0.121. The van der Waals surface area contributed by atoms with Crippen LogP contribution in [0.4, 0.5) is 45.2 Å². The van der Waals surface area contributed by atoms with Crippen molar-refractivity contribution >= 4 is 5.69 Å². The average Bonchev–Trinajstić information content (AvgIpc) is 2.30. The second-order valence-corrected chi connectivity index (χ2v) is 4.62. The summed E-state index contributed by atoms with van der Waals surface area (Å²) in [6.45, 7) is 2.27. The summed E-state index contributed by atoms with van der Waals surface area (Å²) < 4.78 is 115. The van der Waals surface area contributed by atoms with Gasteiger partial charge in [0.15, 0.2) is 0 Å². The predicted molar refractivity (Wildman–Crippen MR) is 60.4 cm³/mol. The zero-order valence-corrected chi connectivity index (χ0v) is 11.1. The van der Waals surface area contributed by atoms with E-state index in [2.05, 4.69) is 0 Å². The smallest absolute Gasteiger partial charge is 0.340 e. The lowest BCUT2D eigenvalue weighted by Gasteiger charge is -2.37. The number of anilines is 1. The van der Waals surface area contributed by atoms with E-state index in [1.165, 1.54) is 6.07 Å². The van der Waals surface area contributed by atoms with Gasteiger partial charge in [0.1, 0.15) is 0 Å². The molecule has 0 saturated heterocycles. The fourth-order valence-electron chi connectivity index (χ4n) is 1.71. The maximum atomic E-state index is 13.9. The van der Waals surface area contributed by atoms with E-state index < -0.39 is 29.8 Å². The molecule has 0 aromatic heterocycles. The fourth-order valence-corrected chi connectivity index (χ4v) is 1.71. The van der Waals surface area contributed by atoms with E-state index in [-0.39, 0.29) is 11.1 Å². The molecule has 126 valence electrons. The molecule has 0 aliphatic heterocycles. The number of hydrogen-bond acceptors (Lipinski definition) is 1. The summed E-state index contributed by atoms with van der Waals surface area (Å²) in [7, 11) is 0. The van der Waals surface area contributed by atoms with Crippen LogP contribution in [0.2, 0.25) is 0 Å². The van der Waals surface area contributed by atoms with Crippen LogP contribution in [-0.4, -0.2) is 24.1 Å². The van der Waals surface area contributed by atoms with Crippen LogP contribution in [0, 0.1) is 13.8 Å². The Labute approximate surface area is 119 Å². The SMILES string of the molecule is Cc1cccc(C)c1NC(F)(C(F)(F)F)C(F)(F)C(F)(F)F. The van der Waals surface area contributed by atoms with E-state index >= 15 is 0 Å². The molecule has 1 rings (SSSR count). The highest BCUT2D eigenvalue weighted by molar-refractivity contribution is 5.58. The molecule has 1 aromatic rings. The van der Waals surface area contributed by atoms with Crippen LogP contribution in [0.3, 0.4) is 0 Å². The molecule has 0 aliphatic carbocycles. The summed E-state index contributed by atoms with van der Waals surface area (Å²) in [5.41, 5.74) is -1.03. The second kappa shape index (κ2) is 5.24. The molecule has 0 radical (unpaired) electrons. The third-order valence-corrected chi connectivity index (χ3v) is 2.96. The minimum Gasteiger partial charge on any atom is -0.340 e. The van der Waals surface area contributed by atoms with Gasteiger partial charge in [-0.1, -0.05) is 18.2 Å². The molecule has 1 atom stereocenters. The van der Waals surface area contributed by atoms with Gasteiger partial charge < -0.3 is 5.32 Å². The molecule has 0 saturated carbocycles. The lowest BCUT2D eigenvalue weighted by atomic mass is 10.0. The predicted octanol–water partition coefficient (Wildman–Crippen LogP) is 5.14. The Bertz CT molecular complexity index is 526. The Morgan fingerprint density at radius 3 is 1.45 bits per heavy atom. The summed E-state index contributed by atoms with van der Waals surface area (Å²) in [5, 5.41) is 0.717. The van der Waals surface area contributed by atoms with Crippen molar-refractivity contribution in [2.75, 3.05) is 5.32 Å². The van der Waals surface area contributed by atoms with Gasteiger partial charge in [-0.15, -0.1) is 0 Å². The first-order valence-corrected chi connectivity index (χ1v) is 5.69. The van der Waals surface area contributed by atoms with Crippen molar-refractivity contribution in [2.24, 2.45) is 0 Å². The first-order chi connectivity index (χ1) is 9.65. The van der Waals surface area contributed by atoms with Crippen molar-refractivity contribution < 1.29 is 39.5 Å². The zero-order chi connectivity index (χ0) is 17.6. The maximum absolute atomic E-state index is 13.9. The summed E-state index contributed by atoms with van der Waals surface area (Å²) in [4.78, 5) is 0. The largest absolute Gasteiger partial charge is 0.459 e. The van der Waals surface area contributed by atoms with Gasteiger partial charge in [0.25, 0.3) is 0 Å². The van der Waals surface area contributed by atoms with E-state index in [0.29, 0.717) is 0 Å². The van der Waals surface area contributed by atoms with E-state index in [1.807, 2.05) is 0 Å².